The summed E-state index contributed by atoms with van der Waals surface area (Å²) in [6, 6.07) is 0. The molecule has 4 aliphatic rings. The van der Waals surface area contributed by atoms with Gasteiger partial charge in [-0.15, -0.1) is 0 Å². The first-order valence-corrected chi connectivity index (χ1v) is 5.52. The first kappa shape index (κ1) is 6.82. The second kappa shape index (κ2) is 2.18. The van der Waals surface area contributed by atoms with E-state index in [1.165, 1.54) is 25.7 Å². The molecule has 0 atom stereocenters. The highest BCUT2D eigenvalue weighted by atomic mass is 32.1. The largest absolute Gasteiger partial charge is 0.175 e. The van der Waals surface area contributed by atoms with Crippen molar-refractivity contribution in [3.8, 4) is 0 Å². The number of rotatable bonds is 0. The van der Waals surface area contributed by atoms with Gasteiger partial charge >= 0.3 is 0 Å². The second-order valence-corrected chi connectivity index (χ2v) is 5.52. The first-order chi connectivity index (χ1) is 5.33. The fourth-order valence-electron chi connectivity index (χ4n) is 3.90. The fourth-order valence-corrected chi connectivity index (χ4v) is 4.38. The molecule has 4 bridgehead atoms. The summed E-state index contributed by atoms with van der Waals surface area (Å²) in [5, 5.41) is 0.780. The summed E-state index contributed by atoms with van der Waals surface area (Å²) >= 11 is 4.74. The van der Waals surface area contributed by atoms with E-state index in [-0.39, 0.29) is 0 Å². The van der Waals surface area contributed by atoms with Crippen molar-refractivity contribution < 1.29 is 0 Å². The van der Waals surface area contributed by atoms with Crippen LogP contribution < -0.4 is 0 Å². The van der Waals surface area contributed by atoms with Gasteiger partial charge in [-0.05, 0) is 55.8 Å². The molecule has 4 fully saturated rings. The van der Waals surface area contributed by atoms with E-state index in [1.807, 2.05) is 0 Å². The van der Waals surface area contributed by atoms with Crippen molar-refractivity contribution in [2.75, 3.05) is 0 Å². The molecule has 0 radical (unpaired) electrons. The van der Waals surface area contributed by atoms with Crippen molar-refractivity contribution in [1.29, 1.82) is 0 Å². The van der Waals surface area contributed by atoms with E-state index in [1.54, 1.807) is 6.42 Å². The summed E-state index contributed by atoms with van der Waals surface area (Å²) in [6.45, 7) is 0. The van der Waals surface area contributed by atoms with E-state index in [0.717, 1.165) is 28.9 Å². The molecule has 11 heavy (non-hydrogen) atoms. The lowest BCUT2D eigenvalue weighted by Crippen LogP contribution is -2.45. The Morgan fingerprint density at radius 2 is 1.18 bits per heavy atom. The van der Waals surface area contributed by atoms with Crippen molar-refractivity contribution in [3.05, 3.63) is 0 Å². The predicted octanol–water partition coefficient (Wildman–Crippen LogP) is 2.74. The molecule has 62 valence electrons. The van der Waals surface area contributed by atoms with Gasteiger partial charge < -0.3 is 0 Å². The van der Waals surface area contributed by atoms with Gasteiger partial charge in [0.05, 0.1) is 0 Å². The lowest BCUT2D eigenvalue weighted by atomic mass is 9.56. The smallest absolute Gasteiger partial charge is 0.00737 e. The molecular formula is C10H16S. The summed E-state index contributed by atoms with van der Waals surface area (Å²) in [5.74, 6) is 4.24. The maximum Gasteiger partial charge on any atom is 0.00737 e. The highest BCUT2D eigenvalue weighted by Gasteiger charge is 2.46. The lowest BCUT2D eigenvalue weighted by Gasteiger charge is -2.53. The van der Waals surface area contributed by atoms with Gasteiger partial charge in [-0.1, -0.05) is 0 Å². The summed E-state index contributed by atoms with van der Waals surface area (Å²) in [6.07, 6.45) is 7.62. The second-order valence-electron chi connectivity index (χ2n) is 4.92. The molecule has 0 unspecified atom stereocenters. The van der Waals surface area contributed by atoms with E-state index in [4.69, 9.17) is 12.6 Å². The van der Waals surface area contributed by atoms with Crippen molar-refractivity contribution in [1.82, 2.24) is 0 Å². The van der Waals surface area contributed by atoms with Crippen molar-refractivity contribution >= 4 is 12.6 Å². The number of thiol groups is 1. The van der Waals surface area contributed by atoms with Crippen LogP contribution in [0.25, 0.3) is 0 Å². The van der Waals surface area contributed by atoms with E-state index in [2.05, 4.69) is 0 Å². The number of hydrogen-bond acceptors (Lipinski definition) is 1. The van der Waals surface area contributed by atoms with E-state index < -0.39 is 0 Å². The summed E-state index contributed by atoms with van der Waals surface area (Å²) < 4.78 is 0. The van der Waals surface area contributed by atoms with Gasteiger partial charge in [0.15, 0.2) is 0 Å². The molecule has 4 saturated carbocycles. The van der Waals surface area contributed by atoms with Gasteiger partial charge in [0.1, 0.15) is 0 Å². The Hall–Kier alpha value is 0.350. The molecule has 0 aromatic rings. The Kier molecular flexibility index (Phi) is 1.36. The van der Waals surface area contributed by atoms with Crippen molar-refractivity contribution in [2.24, 2.45) is 23.7 Å². The van der Waals surface area contributed by atoms with Gasteiger partial charge in [0, 0.05) is 5.25 Å². The maximum absolute atomic E-state index is 4.74. The SMILES string of the molecule is SC1C2CC3CC(C2)CC1C3. The normalized spacial score (nSPS) is 60.3. The Balaban J connectivity index is 1.91. The van der Waals surface area contributed by atoms with E-state index in [9.17, 15) is 0 Å². The van der Waals surface area contributed by atoms with Crippen molar-refractivity contribution in [3.63, 3.8) is 0 Å². The van der Waals surface area contributed by atoms with Crippen LogP contribution in [0, 0.1) is 23.7 Å². The quantitative estimate of drug-likeness (QED) is 0.528. The average molecular weight is 168 g/mol. The van der Waals surface area contributed by atoms with Gasteiger partial charge in [-0.3, -0.25) is 0 Å². The molecule has 0 amide bonds. The minimum absolute atomic E-state index is 0.780. The zero-order chi connectivity index (χ0) is 7.42. The topological polar surface area (TPSA) is 0 Å². The van der Waals surface area contributed by atoms with Crippen LogP contribution in [0.5, 0.6) is 0 Å². The van der Waals surface area contributed by atoms with E-state index in [0.29, 0.717) is 0 Å². The van der Waals surface area contributed by atoms with Crippen LogP contribution in [0.4, 0.5) is 0 Å². The number of hydrogen-bond donors (Lipinski definition) is 1. The third kappa shape index (κ3) is 0.898. The van der Waals surface area contributed by atoms with Gasteiger partial charge in [0.25, 0.3) is 0 Å². The zero-order valence-corrected chi connectivity index (χ0v) is 7.76. The summed E-state index contributed by atoms with van der Waals surface area (Å²) in [5.41, 5.74) is 0. The van der Waals surface area contributed by atoms with Crippen LogP contribution in [0.3, 0.4) is 0 Å². The summed E-state index contributed by atoms with van der Waals surface area (Å²) in [7, 11) is 0. The standard InChI is InChI=1S/C10H16S/c11-10-8-2-6-1-7(4-8)5-9(10)3-6/h6-11H,1-5H2. The molecule has 0 nitrogen and oxygen atoms in total. The average Bonchev–Trinajstić information content (AvgIpc) is 1.98. The Morgan fingerprint density at radius 1 is 0.727 bits per heavy atom. The molecule has 0 spiro atoms. The fraction of sp³-hybridized carbons (Fsp3) is 1.00. The first-order valence-electron chi connectivity index (χ1n) is 5.01. The third-order valence-corrected chi connectivity index (χ3v) is 5.02. The van der Waals surface area contributed by atoms with Crippen LogP contribution in [0.1, 0.15) is 32.1 Å². The molecular weight excluding hydrogens is 152 g/mol. The molecule has 4 aliphatic carbocycles. The van der Waals surface area contributed by atoms with Crippen LogP contribution >= 0.6 is 12.6 Å². The molecule has 0 saturated heterocycles. The Bertz CT molecular complexity index is 148. The Labute approximate surface area is 74.2 Å². The van der Waals surface area contributed by atoms with Gasteiger partial charge in [-0.25, -0.2) is 0 Å². The molecule has 0 N–H and O–H groups in total. The molecule has 1 heteroatoms. The maximum atomic E-state index is 4.74. The third-order valence-electron chi connectivity index (χ3n) is 4.18. The minimum atomic E-state index is 0.780. The molecule has 0 heterocycles. The summed E-state index contributed by atoms with van der Waals surface area (Å²) in [4.78, 5) is 0. The van der Waals surface area contributed by atoms with Gasteiger partial charge in [-0.2, -0.15) is 12.6 Å². The van der Waals surface area contributed by atoms with Crippen LogP contribution in [0.15, 0.2) is 0 Å². The highest BCUT2D eigenvalue weighted by molar-refractivity contribution is 7.81. The Morgan fingerprint density at radius 3 is 1.64 bits per heavy atom. The monoisotopic (exact) mass is 168 g/mol. The van der Waals surface area contributed by atoms with Crippen molar-refractivity contribution in [2.45, 2.75) is 37.4 Å². The zero-order valence-electron chi connectivity index (χ0n) is 6.87. The van der Waals surface area contributed by atoms with Gasteiger partial charge in [0.2, 0.25) is 0 Å². The minimum Gasteiger partial charge on any atom is -0.175 e. The lowest BCUT2D eigenvalue weighted by molar-refractivity contribution is 0.0273. The molecule has 0 aromatic heterocycles. The predicted molar refractivity (Wildman–Crippen MR) is 49.8 cm³/mol. The van der Waals surface area contributed by atoms with E-state index >= 15 is 0 Å². The van der Waals surface area contributed by atoms with Crippen LogP contribution in [-0.2, 0) is 0 Å². The van der Waals surface area contributed by atoms with Crippen LogP contribution in [-0.4, -0.2) is 5.25 Å². The highest BCUT2D eigenvalue weighted by Crippen LogP contribution is 2.55. The molecule has 0 aromatic carbocycles. The van der Waals surface area contributed by atoms with Crippen LogP contribution in [0.2, 0.25) is 0 Å². The molecule has 0 aliphatic heterocycles. The molecule has 4 rings (SSSR count).